The number of halogens is 2. The molecule has 5 rings (SSSR count). The van der Waals surface area contributed by atoms with E-state index in [0.29, 0.717) is 35.1 Å². The fourth-order valence-electron chi connectivity index (χ4n) is 3.98. The van der Waals surface area contributed by atoms with Crippen LogP contribution in [0.15, 0.2) is 53.5 Å². The largest absolute Gasteiger partial charge is 0.368 e. The van der Waals surface area contributed by atoms with Crippen LogP contribution in [-0.2, 0) is 5.41 Å². The summed E-state index contributed by atoms with van der Waals surface area (Å²) in [4.78, 5) is 18.1. The molecule has 0 radical (unpaired) electrons. The number of aromatic nitrogens is 6. The summed E-state index contributed by atoms with van der Waals surface area (Å²) >= 11 is 0. The topological polar surface area (TPSA) is 112 Å². The molecule has 0 bridgehead atoms. The molecule has 0 atom stereocenters. The molecule has 0 spiro atoms. The molecule has 0 unspecified atom stereocenters. The van der Waals surface area contributed by atoms with E-state index >= 15 is 0 Å². The molecule has 3 aromatic heterocycles. The van der Waals surface area contributed by atoms with Crippen molar-refractivity contribution in [3.05, 3.63) is 76.5 Å². The first-order valence-corrected chi connectivity index (χ1v) is 10.2. The quantitative estimate of drug-likeness (QED) is 0.428. The highest BCUT2D eigenvalue weighted by molar-refractivity contribution is 5.68. The molecular weight excluding hydrogens is 416 g/mol. The summed E-state index contributed by atoms with van der Waals surface area (Å²) in [6, 6.07) is 10.7. The minimum Gasteiger partial charge on any atom is -0.368 e. The predicted octanol–water partition coefficient (Wildman–Crippen LogP) is 3.43. The van der Waals surface area contributed by atoms with Gasteiger partial charge in [-0.3, -0.25) is 9.97 Å². The molecular formula is C22H19F2N7O. The van der Waals surface area contributed by atoms with E-state index in [4.69, 9.17) is 0 Å². The molecule has 8 nitrogen and oxygen atoms in total. The minimum absolute atomic E-state index is 0.233. The van der Waals surface area contributed by atoms with Crippen molar-refractivity contribution in [2.24, 2.45) is 0 Å². The average Bonchev–Trinajstić information content (AvgIpc) is 3.21. The van der Waals surface area contributed by atoms with E-state index in [1.807, 2.05) is 0 Å². The van der Waals surface area contributed by atoms with Crippen molar-refractivity contribution < 1.29 is 8.78 Å². The van der Waals surface area contributed by atoms with Crippen molar-refractivity contribution in [2.75, 3.05) is 11.9 Å². The van der Waals surface area contributed by atoms with Gasteiger partial charge in [0.2, 0.25) is 0 Å². The van der Waals surface area contributed by atoms with Gasteiger partial charge in [-0.05, 0) is 55.3 Å². The molecule has 1 aliphatic carbocycles. The molecule has 162 valence electrons. The lowest BCUT2D eigenvalue weighted by Gasteiger charge is -2.41. The van der Waals surface area contributed by atoms with Crippen LogP contribution in [0.3, 0.4) is 0 Å². The van der Waals surface area contributed by atoms with Crippen molar-refractivity contribution in [2.45, 2.75) is 24.7 Å². The monoisotopic (exact) mass is 435 g/mol. The predicted molar refractivity (Wildman–Crippen MR) is 114 cm³/mol. The van der Waals surface area contributed by atoms with Gasteiger partial charge in [0, 0.05) is 29.3 Å². The summed E-state index contributed by atoms with van der Waals surface area (Å²) in [6.07, 6.45) is 4.30. The second kappa shape index (κ2) is 7.95. The smallest absolute Gasteiger partial charge is 0.340 e. The lowest BCUT2D eigenvalue weighted by atomic mass is 9.66. The van der Waals surface area contributed by atoms with E-state index in [1.54, 1.807) is 30.5 Å². The van der Waals surface area contributed by atoms with Gasteiger partial charge in [0.1, 0.15) is 17.5 Å². The number of anilines is 1. The maximum atomic E-state index is 14.4. The number of hydrogen-bond donors (Lipinski definition) is 3. The SMILES string of the molecule is O=c1[nH]nc(-c2ccc(F)c(-c3ccc(NCC4(c5ncccc5F)CCC4)nn3)c2)[nH]1. The Hall–Kier alpha value is -3.95. The fraction of sp³-hybridized carbons (Fsp3) is 0.227. The first-order chi connectivity index (χ1) is 15.5. The van der Waals surface area contributed by atoms with Gasteiger partial charge in [0.05, 0.1) is 11.4 Å². The number of H-pyrrole nitrogens is 2. The molecule has 4 aromatic rings. The van der Waals surface area contributed by atoms with Gasteiger partial charge < -0.3 is 5.32 Å². The van der Waals surface area contributed by atoms with E-state index in [1.165, 1.54) is 18.2 Å². The van der Waals surface area contributed by atoms with E-state index in [9.17, 15) is 13.6 Å². The number of aromatic amines is 2. The normalized spacial score (nSPS) is 14.7. The maximum absolute atomic E-state index is 14.4. The second-order valence-corrected chi connectivity index (χ2v) is 7.85. The summed E-state index contributed by atoms with van der Waals surface area (Å²) in [5.41, 5.74) is 0.757. The van der Waals surface area contributed by atoms with Crippen molar-refractivity contribution in [1.29, 1.82) is 0 Å². The van der Waals surface area contributed by atoms with Crippen LogP contribution in [0, 0.1) is 11.6 Å². The highest BCUT2D eigenvalue weighted by atomic mass is 19.1. The number of pyridine rings is 1. The van der Waals surface area contributed by atoms with Gasteiger partial charge in [-0.2, -0.15) is 5.10 Å². The van der Waals surface area contributed by atoms with Crippen LogP contribution in [0.25, 0.3) is 22.6 Å². The zero-order valence-electron chi connectivity index (χ0n) is 16.9. The van der Waals surface area contributed by atoms with Gasteiger partial charge in [-0.15, -0.1) is 10.2 Å². The van der Waals surface area contributed by atoms with Gasteiger partial charge >= 0.3 is 5.69 Å². The number of nitrogens with one attached hydrogen (secondary N) is 3. The Balaban J connectivity index is 1.35. The molecule has 1 saturated carbocycles. The second-order valence-electron chi connectivity index (χ2n) is 7.85. The van der Waals surface area contributed by atoms with Crippen molar-refractivity contribution in [3.63, 3.8) is 0 Å². The van der Waals surface area contributed by atoms with E-state index in [-0.39, 0.29) is 16.8 Å². The molecule has 0 aliphatic heterocycles. The molecule has 1 aromatic carbocycles. The lowest BCUT2D eigenvalue weighted by molar-refractivity contribution is 0.243. The number of nitrogens with zero attached hydrogens (tertiary/aromatic N) is 4. The van der Waals surface area contributed by atoms with Crippen molar-refractivity contribution in [3.8, 4) is 22.6 Å². The third-order valence-corrected chi connectivity index (χ3v) is 5.86. The van der Waals surface area contributed by atoms with Gasteiger partial charge in [0.15, 0.2) is 5.82 Å². The summed E-state index contributed by atoms with van der Waals surface area (Å²) in [6.45, 7) is 0.478. The first-order valence-electron chi connectivity index (χ1n) is 10.2. The van der Waals surface area contributed by atoms with Crippen molar-refractivity contribution in [1.82, 2.24) is 30.4 Å². The van der Waals surface area contributed by atoms with E-state index in [0.717, 1.165) is 19.3 Å². The Kier molecular flexibility index (Phi) is 4.96. The summed E-state index contributed by atoms with van der Waals surface area (Å²) in [5.74, 6) is 0.0318. The lowest BCUT2D eigenvalue weighted by Crippen LogP contribution is -2.42. The van der Waals surface area contributed by atoms with Crippen LogP contribution >= 0.6 is 0 Å². The average molecular weight is 435 g/mol. The molecule has 1 fully saturated rings. The standard InChI is InChI=1S/C22H19F2N7O/c23-15-5-4-13(20-27-21(32)31-30-20)11-14(15)17-6-7-18(29-28-17)26-12-22(8-2-9-22)19-16(24)3-1-10-25-19/h1,3-7,10-11H,2,8-9,12H2,(H,26,29)(H2,27,30,31,32). The van der Waals surface area contributed by atoms with Crippen LogP contribution in [-0.4, -0.2) is 36.9 Å². The Labute approximate surface area is 181 Å². The van der Waals surface area contributed by atoms with Crippen molar-refractivity contribution >= 4 is 5.82 Å². The zero-order valence-corrected chi connectivity index (χ0v) is 16.9. The molecule has 1 aliphatic rings. The minimum atomic E-state index is -0.472. The highest BCUT2D eigenvalue weighted by Gasteiger charge is 2.41. The fourth-order valence-corrected chi connectivity index (χ4v) is 3.98. The molecule has 0 saturated heterocycles. The third-order valence-electron chi connectivity index (χ3n) is 5.86. The van der Waals surface area contributed by atoms with E-state index < -0.39 is 11.5 Å². The Bertz CT molecular complexity index is 1310. The summed E-state index contributed by atoms with van der Waals surface area (Å²) in [7, 11) is 0. The third kappa shape index (κ3) is 3.64. The Morgan fingerprint density at radius 2 is 1.94 bits per heavy atom. The molecule has 10 heteroatoms. The van der Waals surface area contributed by atoms with E-state index in [2.05, 4.69) is 35.7 Å². The van der Waals surface area contributed by atoms with Gasteiger partial charge in [0.25, 0.3) is 0 Å². The maximum Gasteiger partial charge on any atom is 0.340 e. The molecule has 0 amide bonds. The molecule has 32 heavy (non-hydrogen) atoms. The summed E-state index contributed by atoms with van der Waals surface area (Å²) < 4.78 is 28.7. The van der Waals surface area contributed by atoms with Crippen LogP contribution < -0.4 is 11.0 Å². The van der Waals surface area contributed by atoms with Gasteiger partial charge in [-0.25, -0.2) is 18.7 Å². The first kappa shape index (κ1) is 20.0. The Morgan fingerprint density at radius 3 is 2.59 bits per heavy atom. The van der Waals surface area contributed by atoms with Crippen LogP contribution in [0.5, 0.6) is 0 Å². The number of hydrogen-bond acceptors (Lipinski definition) is 6. The number of benzene rings is 1. The molecule has 3 N–H and O–H groups in total. The number of rotatable bonds is 6. The van der Waals surface area contributed by atoms with Crippen LogP contribution in [0.4, 0.5) is 14.6 Å². The zero-order chi connectivity index (χ0) is 22.1. The van der Waals surface area contributed by atoms with Gasteiger partial charge in [-0.1, -0.05) is 6.42 Å². The van der Waals surface area contributed by atoms with Crippen LogP contribution in [0.2, 0.25) is 0 Å². The highest BCUT2D eigenvalue weighted by Crippen LogP contribution is 2.43. The van der Waals surface area contributed by atoms with Crippen LogP contribution in [0.1, 0.15) is 25.0 Å². The Morgan fingerprint density at radius 1 is 1.06 bits per heavy atom. The summed E-state index contributed by atoms with van der Waals surface area (Å²) in [5, 5.41) is 17.7. The molecule has 3 heterocycles.